The van der Waals surface area contributed by atoms with Crippen molar-refractivity contribution < 1.29 is 19.4 Å². The van der Waals surface area contributed by atoms with Crippen LogP contribution < -0.4 is 5.32 Å². The summed E-state index contributed by atoms with van der Waals surface area (Å²) in [5.41, 5.74) is -0.579. The number of hydrogen-bond acceptors (Lipinski definition) is 3. The van der Waals surface area contributed by atoms with E-state index < -0.39 is 23.6 Å². The molecule has 2 N–H and O–H groups in total. The molecule has 0 saturated heterocycles. The van der Waals surface area contributed by atoms with Crippen LogP contribution in [0.3, 0.4) is 0 Å². The van der Waals surface area contributed by atoms with Gasteiger partial charge in [0.1, 0.15) is 5.60 Å². The average molecular weight is 269 g/mol. The summed E-state index contributed by atoms with van der Waals surface area (Å²) in [5, 5.41) is 12.0. The standard InChI is InChI=1S/C14H23NO4/c1-14(2,3)19-13(18)15-11-9-7-5-4-6-8-10(11)12(16)17/h4-5,10-11H,6-9H2,1-3H3,(H,15,18)(H,16,17)/t10-,11+/m1/s1. The second kappa shape index (κ2) is 6.59. The molecule has 1 aliphatic carbocycles. The van der Waals surface area contributed by atoms with Gasteiger partial charge in [0, 0.05) is 6.04 Å². The van der Waals surface area contributed by atoms with Gasteiger partial charge in [0.25, 0.3) is 0 Å². The monoisotopic (exact) mass is 269 g/mol. The lowest BCUT2D eigenvalue weighted by Crippen LogP contribution is -2.45. The molecule has 19 heavy (non-hydrogen) atoms. The minimum absolute atomic E-state index is 0.378. The number of carbonyl (C=O) groups excluding carboxylic acids is 1. The highest BCUT2D eigenvalue weighted by Crippen LogP contribution is 2.20. The highest BCUT2D eigenvalue weighted by Gasteiger charge is 2.30. The van der Waals surface area contributed by atoms with Crippen LogP contribution in [0, 0.1) is 5.92 Å². The third kappa shape index (κ3) is 5.77. The molecule has 108 valence electrons. The van der Waals surface area contributed by atoms with Gasteiger partial charge in [-0.2, -0.15) is 0 Å². The number of carbonyl (C=O) groups is 2. The Kier molecular flexibility index (Phi) is 5.39. The third-order valence-electron chi connectivity index (χ3n) is 2.96. The normalized spacial score (nSPS) is 24.2. The van der Waals surface area contributed by atoms with Gasteiger partial charge in [-0.25, -0.2) is 4.79 Å². The summed E-state index contributed by atoms with van der Waals surface area (Å²) >= 11 is 0. The van der Waals surface area contributed by atoms with E-state index in [2.05, 4.69) is 5.32 Å². The zero-order chi connectivity index (χ0) is 14.5. The van der Waals surface area contributed by atoms with Crippen molar-refractivity contribution in [1.29, 1.82) is 0 Å². The second-order valence-electron chi connectivity index (χ2n) is 5.82. The second-order valence-corrected chi connectivity index (χ2v) is 5.82. The fourth-order valence-electron chi connectivity index (χ4n) is 2.12. The predicted octanol–water partition coefficient (Wildman–Crippen LogP) is 2.71. The molecule has 0 aliphatic heterocycles. The number of carboxylic acid groups (broad SMARTS) is 1. The highest BCUT2D eigenvalue weighted by atomic mass is 16.6. The minimum Gasteiger partial charge on any atom is -0.481 e. The molecule has 2 atom stereocenters. The molecule has 0 aromatic rings. The van der Waals surface area contributed by atoms with Gasteiger partial charge >= 0.3 is 12.1 Å². The summed E-state index contributed by atoms with van der Waals surface area (Å²) in [6.45, 7) is 5.34. The van der Waals surface area contributed by atoms with E-state index in [1.54, 1.807) is 20.8 Å². The molecule has 5 nitrogen and oxygen atoms in total. The molecule has 1 aliphatic rings. The maximum absolute atomic E-state index is 11.7. The molecule has 0 aromatic carbocycles. The Labute approximate surface area is 114 Å². The molecule has 0 unspecified atom stereocenters. The highest BCUT2D eigenvalue weighted by molar-refractivity contribution is 5.73. The Morgan fingerprint density at radius 1 is 1.21 bits per heavy atom. The minimum atomic E-state index is -0.864. The van der Waals surface area contributed by atoms with Crippen LogP contribution in [0.1, 0.15) is 46.5 Å². The fourth-order valence-corrected chi connectivity index (χ4v) is 2.12. The first-order valence-electron chi connectivity index (χ1n) is 6.67. The summed E-state index contributed by atoms with van der Waals surface area (Å²) < 4.78 is 5.18. The van der Waals surface area contributed by atoms with Crippen LogP contribution in [-0.4, -0.2) is 28.8 Å². The van der Waals surface area contributed by atoms with Crippen LogP contribution in [0.25, 0.3) is 0 Å². The van der Waals surface area contributed by atoms with Crippen LogP contribution in [-0.2, 0) is 9.53 Å². The molecule has 0 bridgehead atoms. The van der Waals surface area contributed by atoms with Crippen molar-refractivity contribution in [3.05, 3.63) is 12.2 Å². The number of nitrogens with one attached hydrogen (secondary N) is 1. The Hall–Kier alpha value is -1.52. The van der Waals surface area contributed by atoms with E-state index in [0.717, 1.165) is 12.8 Å². The molecule has 0 aromatic heterocycles. The number of alkyl carbamates (subject to hydrolysis) is 1. The topological polar surface area (TPSA) is 75.6 Å². The number of ether oxygens (including phenoxy) is 1. The van der Waals surface area contributed by atoms with Gasteiger partial charge in [0.15, 0.2) is 0 Å². The number of carboxylic acids is 1. The largest absolute Gasteiger partial charge is 0.481 e. The number of rotatable bonds is 2. The van der Waals surface area contributed by atoms with Crippen LogP contribution in [0.15, 0.2) is 12.2 Å². The quantitative estimate of drug-likeness (QED) is 0.756. The number of hydrogen-bond donors (Lipinski definition) is 2. The zero-order valence-corrected chi connectivity index (χ0v) is 11.8. The first kappa shape index (κ1) is 15.5. The lowest BCUT2D eigenvalue weighted by atomic mass is 9.89. The molecule has 0 fully saturated rings. The van der Waals surface area contributed by atoms with Crippen molar-refractivity contribution >= 4 is 12.1 Å². The van der Waals surface area contributed by atoms with Crippen molar-refractivity contribution in [3.63, 3.8) is 0 Å². The SMILES string of the molecule is CC(C)(C)OC(=O)N[C@H]1CCC=CCC[C@H]1C(=O)O. The van der Waals surface area contributed by atoms with Gasteiger partial charge in [0.05, 0.1) is 5.92 Å². The number of allylic oxidation sites excluding steroid dienone is 2. The van der Waals surface area contributed by atoms with Gasteiger partial charge in [-0.3, -0.25) is 4.79 Å². The molecule has 0 radical (unpaired) electrons. The Morgan fingerprint density at radius 2 is 1.79 bits per heavy atom. The van der Waals surface area contributed by atoms with Gasteiger partial charge in [-0.15, -0.1) is 0 Å². The van der Waals surface area contributed by atoms with Crippen molar-refractivity contribution in [2.75, 3.05) is 0 Å². The lowest BCUT2D eigenvalue weighted by molar-refractivity contribution is -0.143. The average Bonchev–Trinajstić information content (AvgIpc) is 2.18. The zero-order valence-electron chi connectivity index (χ0n) is 11.8. The number of amides is 1. The first-order chi connectivity index (χ1) is 8.79. The predicted molar refractivity (Wildman–Crippen MR) is 71.9 cm³/mol. The van der Waals surface area contributed by atoms with Gasteiger partial charge in [-0.05, 0) is 46.5 Å². The summed E-state index contributed by atoms with van der Waals surface area (Å²) in [6.07, 6.45) is 6.13. The molecule has 0 saturated carbocycles. The number of aliphatic carboxylic acids is 1. The van der Waals surface area contributed by atoms with Crippen molar-refractivity contribution in [3.8, 4) is 0 Å². The third-order valence-corrected chi connectivity index (χ3v) is 2.96. The van der Waals surface area contributed by atoms with E-state index in [1.807, 2.05) is 12.2 Å². The fraction of sp³-hybridized carbons (Fsp3) is 0.714. The smallest absolute Gasteiger partial charge is 0.407 e. The van der Waals surface area contributed by atoms with Crippen LogP contribution in [0.2, 0.25) is 0 Å². The van der Waals surface area contributed by atoms with Crippen LogP contribution in [0.4, 0.5) is 4.79 Å². The van der Waals surface area contributed by atoms with Gasteiger partial charge in [-0.1, -0.05) is 12.2 Å². The lowest BCUT2D eigenvalue weighted by Gasteiger charge is -2.27. The summed E-state index contributed by atoms with van der Waals surface area (Å²) in [7, 11) is 0. The molecule has 1 rings (SSSR count). The van der Waals surface area contributed by atoms with Crippen LogP contribution in [0.5, 0.6) is 0 Å². The van der Waals surface area contributed by atoms with E-state index in [4.69, 9.17) is 4.74 Å². The van der Waals surface area contributed by atoms with E-state index in [-0.39, 0.29) is 6.04 Å². The Bertz CT molecular complexity index is 357. The van der Waals surface area contributed by atoms with Gasteiger partial charge in [0.2, 0.25) is 0 Å². The molecule has 0 heterocycles. The summed E-state index contributed by atoms with van der Waals surface area (Å²) in [6, 6.07) is -0.378. The van der Waals surface area contributed by atoms with Crippen LogP contribution >= 0.6 is 0 Å². The summed E-state index contributed by atoms with van der Waals surface area (Å²) in [4.78, 5) is 23.0. The Morgan fingerprint density at radius 3 is 2.32 bits per heavy atom. The maximum atomic E-state index is 11.7. The summed E-state index contributed by atoms with van der Waals surface area (Å²) in [5.74, 6) is -1.42. The molecular weight excluding hydrogens is 246 g/mol. The van der Waals surface area contributed by atoms with E-state index >= 15 is 0 Å². The van der Waals surface area contributed by atoms with Crippen molar-refractivity contribution in [2.24, 2.45) is 5.92 Å². The molecule has 0 spiro atoms. The van der Waals surface area contributed by atoms with E-state index in [1.165, 1.54) is 0 Å². The van der Waals surface area contributed by atoms with Crippen molar-refractivity contribution in [1.82, 2.24) is 5.32 Å². The van der Waals surface area contributed by atoms with E-state index in [0.29, 0.717) is 12.8 Å². The maximum Gasteiger partial charge on any atom is 0.407 e. The molecule has 5 heteroatoms. The van der Waals surface area contributed by atoms with Crippen molar-refractivity contribution in [2.45, 2.75) is 58.1 Å². The molecular formula is C14H23NO4. The Balaban J connectivity index is 2.67. The first-order valence-corrected chi connectivity index (χ1v) is 6.67. The molecule has 1 amide bonds. The van der Waals surface area contributed by atoms with E-state index in [9.17, 15) is 14.7 Å². The van der Waals surface area contributed by atoms with Gasteiger partial charge < -0.3 is 15.2 Å².